The molecule has 0 aliphatic heterocycles. The fourth-order valence-electron chi connectivity index (χ4n) is 1.42. The molecule has 2 rings (SSSR count). The first-order valence-corrected chi connectivity index (χ1v) is 5.79. The van der Waals surface area contributed by atoms with E-state index in [4.69, 9.17) is 10.3 Å². The molecule has 0 bridgehead atoms. The van der Waals surface area contributed by atoms with Gasteiger partial charge >= 0.3 is 0 Å². The van der Waals surface area contributed by atoms with Crippen LogP contribution in [0.15, 0.2) is 27.2 Å². The zero-order valence-electron chi connectivity index (χ0n) is 8.90. The van der Waals surface area contributed by atoms with Gasteiger partial charge in [0.05, 0.1) is 0 Å². The molecule has 2 aromatic rings. The number of nitrogens with zero attached hydrogens (tertiary/aromatic N) is 2. The Morgan fingerprint density at radius 1 is 1.44 bits per heavy atom. The van der Waals surface area contributed by atoms with E-state index in [1.54, 1.807) is 0 Å². The number of rotatable bonds is 3. The number of aromatic nitrogens is 2. The molecule has 0 atom stereocenters. The highest BCUT2D eigenvalue weighted by Crippen LogP contribution is 2.25. The van der Waals surface area contributed by atoms with Crippen molar-refractivity contribution >= 4 is 15.9 Å². The Bertz CT molecular complexity index is 496. The predicted octanol–water partition coefficient (Wildman–Crippen LogP) is 2.31. The largest absolute Gasteiger partial charge is 0.334 e. The van der Waals surface area contributed by atoms with Gasteiger partial charge in [-0.05, 0) is 31.2 Å². The van der Waals surface area contributed by atoms with E-state index in [9.17, 15) is 0 Å². The third-order valence-electron chi connectivity index (χ3n) is 2.27. The summed E-state index contributed by atoms with van der Waals surface area (Å²) in [4.78, 5) is 4.29. The maximum atomic E-state index is 5.43. The predicted molar refractivity (Wildman–Crippen MR) is 64.9 cm³/mol. The fourth-order valence-corrected chi connectivity index (χ4v) is 1.78. The summed E-state index contributed by atoms with van der Waals surface area (Å²) in [6.07, 6.45) is 0.635. The first kappa shape index (κ1) is 11.3. The standard InChI is InChI=1S/C11H12BrN3O/c1-7-2-3-8(12)6-9(7)11-14-10(4-5-13)15-16-11/h2-3,6H,4-5,13H2,1H3. The van der Waals surface area contributed by atoms with Crippen molar-refractivity contribution in [3.8, 4) is 11.5 Å². The first-order chi connectivity index (χ1) is 7.70. The van der Waals surface area contributed by atoms with Gasteiger partial charge in [0.1, 0.15) is 0 Å². The lowest BCUT2D eigenvalue weighted by molar-refractivity contribution is 0.422. The van der Waals surface area contributed by atoms with Crippen molar-refractivity contribution in [3.63, 3.8) is 0 Å². The van der Waals surface area contributed by atoms with Gasteiger partial charge in [0.2, 0.25) is 0 Å². The molecule has 0 aliphatic carbocycles. The number of aryl methyl sites for hydroxylation is 1. The van der Waals surface area contributed by atoms with E-state index in [0.717, 1.165) is 15.6 Å². The van der Waals surface area contributed by atoms with Crippen LogP contribution in [0.25, 0.3) is 11.5 Å². The SMILES string of the molecule is Cc1ccc(Br)cc1-c1nc(CCN)no1. The number of hydrogen-bond acceptors (Lipinski definition) is 4. The molecule has 4 nitrogen and oxygen atoms in total. The molecule has 16 heavy (non-hydrogen) atoms. The lowest BCUT2D eigenvalue weighted by Gasteiger charge is -2.00. The first-order valence-electron chi connectivity index (χ1n) is 5.00. The van der Waals surface area contributed by atoms with Gasteiger partial charge in [-0.15, -0.1) is 0 Å². The zero-order valence-corrected chi connectivity index (χ0v) is 10.5. The van der Waals surface area contributed by atoms with E-state index < -0.39 is 0 Å². The molecule has 1 aromatic heterocycles. The molecule has 0 fully saturated rings. The quantitative estimate of drug-likeness (QED) is 0.938. The van der Waals surface area contributed by atoms with Crippen LogP contribution in [0.5, 0.6) is 0 Å². The molecule has 0 saturated carbocycles. The zero-order chi connectivity index (χ0) is 11.5. The molecular weight excluding hydrogens is 270 g/mol. The molecule has 1 aromatic carbocycles. The van der Waals surface area contributed by atoms with Crippen molar-refractivity contribution < 1.29 is 4.52 Å². The summed E-state index contributed by atoms with van der Waals surface area (Å²) < 4.78 is 6.19. The molecule has 84 valence electrons. The number of halogens is 1. The number of hydrogen-bond donors (Lipinski definition) is 1. The van der Waals surface area contributed by atoms with Gasteiger partial charge in [0.15, 0.2) is 5.82 Å². The molecule has 1 heterocycles. The second kappa shape index (κ2) is 4.76. The van der Waals surface area contributed by atoms with Crippen LogP contribution in [0.4, 0.5) is 0 Å². The second-order valence-electron chi connectivity index (χ2n) is 3.51. The number of benzene rings is 1. The minimum atomic E-state index is 0.524. The van der Waals surface area contributed by atoms with Gasteiger partial charge in [-0.2, -0.15) is 4.98 Å². The van der Waals surface area contributed by atoms with Crippen LogP contribution in [0.3, 0.4) is 0 Å². The van der Waals surface area contributed by atoms with E-state index in [1.807, 2.05) is 25.1 Å². The minimum absolute atomic E-state index is 0.524. The second-order valence-corrected chi connectivity index (χ2v) is 4.43. The average molecular weight is 282 g/mol. The van der Waals surface area contributed by atoms with Crippen LogP contribution in [-0.2, 0) is 6.42 Å². The Balaban J connectivity index is 2.38. The maximum Gasteiger partial charge on any atom is 0.258 e. The summed E-state index contributed by atoms with van der Waals surface area (Å²) in [6.45, 7) is 2.53. The third-order valence-corrected chi connectivity index (χ3v) is 2.76. The topological polar surface area (TPSA) is 64.9 Å². The fraction of sp³-hybridized carbons (Fsp3) is 0.273. The summed E-state index contributed by atoms with van der Waals surface area (Å²) in [5, 5.41) is 3.87. The lowest BCUT2D eigenvalue weighted by atomic mass is 10.1. The highest BCUT2D eigenvalue weighted by Gasteiger charge is 2.10. The van der Waals surface area contributed by atoms with E-state index in [1.165, 1.54) is 0 Å². The summed E-state index contributed by atoms with van der Waals surface area (Å²) >= 11 is 3.42. The van der Waals surface area contributed by atoms with Gasteiger partial charge in [0.25, 0.3) is 5.89 Å². The van der Waals surface area contributed by atoms with E-state index >= 15 is 0 Å². The summed E-state index contributed by atoms with van der Waals surface area (Å²) in [5.41, 5.74) is 7.49. The Kier molecular flexibility index (Phi) is 3.36. The van der Waals surface area contributed by atoms with Crippen molar-refractivity contribution in [1.29, 1.82) is 0 Å². The molecule has 0 spiro atoms. The molecule has 0 unspecified atom stereocenters. The van der Waals surface area contributed by atoms with Gasteiger partial charge in [-0.25, -0.2) is 0 Å². The summed E-state index contributed by atoms with van der Waals surface area (Å²) in [6, 6.07) is 5.96. The van der Waals surface area contributed by atoms with Crippen LogP contribution in [0.1, 0.15) is 11.4 Å². The van der Waals surface area contributed by atoms with Crippen molar-refractivity contribution in [2.75, 3.05) is 6.54 Å². The van der Waals surface area contributed by atoms with E-state index in [2.05, 4.69) is 26.1 Å². The lowest BCUT2D eigenvalue weighted by Crippen LogP contribution is -2.03. The van der Waals surface area contributed by atoms with Crippen LogP contribution in [0, 0.1) is 6.92 Å². The minimum Gasteiger partial charge on any atom is -0.334 e. The smallest absolute Gasteiger partial charge is 0.258 e. The maximum absolute atomic E-state index is 5.43. The van der Waals surface area contributed by atoms with Crippen LogP contribution >= 0.6 is 15.9 Å². The Morgan fingerprint density at radius 3 is 3.00 bits per heavy atom. The molecule has 0 aliphatic rings. The van der Waals surface area contributed by atoms with Crippen molar-refractivity contribution in [2.45, 2.75) is 13.3 Å². The van der Waals surface area contributed by atoms with Crippen molar-refractivity contribution in [3.05, 3.63) is 34.1 Å². The molecular formula is C11H12BrN3O. The molecule has 0 amide bonds. The highest BCUT2D eigenvalue weighted by molar-refractivity contribution is 9.10. The normalized spacial score (nSPS) is 10.7. The summed E-state index contributed by atoms with van der Waals surface area (Å²) in [5.74, 6) is 1.19. The van der Waals surface area contributed by atoms with E-state index in [-0.39, 0.29) is 0 Å². The van der Waals surface area contributed by atoms with Crippen LogP contribution in [-0.4, -0.2) is 16.7 Å². The average Bonchev–Trinajstić information content (AvgIpc) is 2.71. The van der Waals surface area contributed by atoms with E-state index in [0.29, 0.717) is 24.7 Å². The number of nitrogens with two attached hydrogens (primary N) is 1. The van der Waals surface area contributed by atoms with Crippen LogP contribution < -0.4 is 5.73 Å². The highest BCUT2D eigenvalue weighted by atomic mass is 79.9. The van der Waals surface area contributed by atoms with Gasteiger partial charge in [-0.1, -0.05) is 27.2 Å². The van der Waals surface area contributed by atoms with Crippen molar-refractivity contribution in [1.82, 2.24) is 10.1 Å². The van der Waals surface area contributed by atoms with Gasteiger partial charge in [-0.3, -0.25) is 0 Å². The van der Waals surface area contributed by atoms with Crippen molar-refractivity contribution in [2.24, 2.45) is 5.73 Å². The van der Waals surface area contributed by atoms with Crippen LogP contribution in [0.2, 0.25) is 0 Å². The van der Waals surface area contributed by atoms with Gasteiger partial charge in [0, 0.05) is 16.5 Å². The monoisotopic (exact) mass is 281 g/mol. The Hall–Kier alpha value is -1.20. The van der Waals surface area contributed by atoms with Gasteiger partial charge < -0.3 is 10.3 Å². The third kappa shape index (κ3) is 2.31. The molecule has 2 N–H and O–H groups in total. The Morgan fingerprint density at radius 2 is 2.25 bits per heavy atom. The Labute approximate surface area is 102 Å². The molecule has 5 heteroatoms. The summed E-state index contributed by atoms with van der Waals surface area (Å²) in [7, 11) is 0. The molecule has 0 radical (unpaired) electrons. The molecule has 0 saturated heterocycles.